The zero-order valence-electron chi connectivity index (χ0n) is 24.0. The zero-order valence-corrected chi connectivity index (χ0v) is 24.8. The number of aliphatic hydroxyl groups excluding tert-OH is 1. The lowest BCUT2D eigenvalue weighted by Gasteiger charge is -2.23. The van der Waals surface area contributed by atoms with Crippen molar-refractivity contribution in [2.24, 2.45) is 0 Å². The van der Waals surface area contributed by atoms with Crippen molar-refractivity contribution in [3.63, 3.8) is 0 Å². The number of aliphatic hydroxyl groups is 1. The highest BCUT2D eigenvalue weighted by atomic mass is 32.1. The fourth-order valence-electron chi connectivity index (χ4n) is 5.68. The number of aromatic nitrogens is 1. The molecule has 5 aromatic rings. The van der Waals surface area contributed by atoms with Crippen LogP contribution in [0.25, 0.3) is 16.0 Å². The van der Waals surface area contributed by atoms with Gasteiger partial charge in [-0.15, -0.1) is 0 Å². The summed E-state index contributed by atoms with van der Waals surface area (Å²) in [4.78, 5) is 33.5. The normalized spacial score (nSPS) is 18.8. The predicted octanol–water partition coefficient (Wildman–Crippen LogP) is 6.83. The summed E-state index contributed by atoms with van der Waals surface area (Å²) in [6, 6.07) is 26.9. The Morgan fingerprint density at radius 1 is 1.00 bits per heavy atom. The van der Waals surface area contributed by atoms with Crippen LogP contribution < -0.4 is 19.1 Å². The van der Waals surface area contributed by atoms with Gasteiger partial charge in [-0.25, -0.2) is 4.98 Å². The second-order valence-corrected chi connectivity index (χ2v) is 11.8. The van der Waals surface area contributed by atoms with E-state index >= 15 is 0 Å². The van der Waals surface area contributed by atoms with Crippen LogP contribution in [0.5, 0.6) is 17.2 Å². The molecule has 2 unspecified atom stereocenters. The molecule has 0 spiro atoms. The van der Waals surface area contributed by atoms with E-state index in [1.807, 2.05) is 67.6 Å². The molecule has 2 aliphatic rings. The van der Waals surface area contributed by atoms with E-state index in [1.165, 1.54) is 16.2 Å². The van der Waals surface area contributed by atoms with Gasteiger partial charge in [-0.2, -0.15) is 0 Å². The molecule has 1 saturated heterocycles. The number of nitrogens with zero attached hydrogens (tertiary/aromatic N) is 2. The summed E-state index contributed by atoms with van der Waals surface area (Å²) in [5.74, 6) is 0.262. The first kappa shape index (κ1) is 27.7. The van der Waals surface area contributed by atoms with Crippen LogP contribution in [0.15, 0.2) is 96.6 Å². The minimum atomic E-state index is -0.913. The molecule has 4 aromatic carbocycles. The molecule has 44 heavy (non-hydrogen) atoms. The summed E-state index contributed by atoms with van der Waals surface area (Å²) in [6.07, 6.45) is 0.710. The maximum atomic E-state index is 13.7. The van der Waals surface area contributed by atoms with E-state index in [0.717, 1.165) is 21.6 Å². The molecule has 3 heterocycles. The van der Waals surface area contributed by atoms with Gasteiger partial charge in [0.2, 0.25) is 0 Å². The van der Waals surface area contributed by atoms with Crippen LogP contribution in [-0.2, 0) is 22.6 Å². The summed E-state index contributed by atoms with van der Waals surface area (Å²) in [6.45, 7) is 2.38. The molecule has 8 nitrogen and oxygen atoms in total. The van der Waals surface area contributed by atoms with Crippen LogP contribution in [0, 0.1) is 0 Å². The molecule has 1 N–H and O–H groups in total. The Hall–Kier alpha value is -5.15. The Morgan fingerprint density at radius 3 is 2.55 bits per heavy atom. The number of ether oxygens (including phenoxy) is 3. The smallest absolute Gasteiger partial charge is 0.301 e. The first-order chi connectivity index (χ1) is 21.4. The molecule has 0 bridgehead atoms. The molecular weight excluding hydrogens is 576 g/mol. The number of fused-ring (bicyclic) bond motifs is 2. The average Bonchev–Trinajstić information content (AvgIpc) is 3.72. The van der Waals surface area contributed by atoms with Crippen molar-refractivity contribution >= 4 is 44.1 Å². The lowest BCUT2D eigenvalue weighted by molar-refractivity contribution is -0.132. The minimum absolute atomic E-state index is 0.00305. The third-order valence-electron chi connectivity index (χ3n) is 7.85. The van der Waals surface area contributed by atoms with Crippen LogP contribution in [-0.4, -0.2) is 35.0 Å². The summed E-state index contributed by atoms with van der Waals surface area (Å²) >= 11 is 1.28. The monoisotopic (exact) mass is 604 g/mol. The summed E-state index contributed by atoms with van der Waals surface area (Å²) in [5.41, 5.74) is 3.72. The molecule has 1 amide bonds. The maximum Gasteiger partial charge on any atom is 0.301 e. The standard InChI is InChI=1S/C35H28N2O6S/c1-20-16-24-17-23(10-15-28(24)43-20)32(38)30-31(22-8-11-25(12-9-22)42-19-21-6-4-3-5-7-21)37(34(40)33(30)39)35-36-27-14-13-26(41-2)18-29(27)44-35/h3-15,17-18,20,31,38H,16,19H2,1-2H3/b32-30+. The van der Waals surface area contributed by atoms with Crippen molar-refractivity contribution in [3.8, 4) is 17.2 Å². The van der Waals surface area contributed by atoms with Gasteiger partial charge in [0, 0.05) is 12.0 Å². The predicted molar refractivity (Wildman–Crippen MR) is 168 cm³/mol. The average molecular weight is 605 g/mol. The van der Waals surface area contributed by atoms with E-state index in [1.54, 1.807) is 37.4 Å². The van der Waals surface area contributed by atoms with Crippen LogP contribution in [0.2, 0.25) is 0 Å². The van der Waals surface area contributed by atoms with E-state index in [2.05, 4.69) is 0 Å². The first-order valence-electron chi connectivity index (χ1n) is 14.2. The van der Waals surface area contributed by atoms with Crippen LogP contribution in [0.3, 0.4) is 0 Å². The minimum Gasteiger partial charge on any atom is -0.507 e. The molecule has 0 saturated carbocycles. The highest BCUT2D eigenvalue weighted by Gasteiger charge is 2.48. The molecule has 9 heteroatoms. The number of hydrogen-bond acceptors (Lipinski definition) is 8. The van der Waals surface area contributed by atoms with Gasteiger partial charge in [0.1, 0.15) is 35.7 Å². The largest absolute Gasteiger partial charge is 0.507 e. The van der Waals surface area contributed by atoms with Gasteiger partial charge in [0.25, 0.3) is 5.78 Å². The Labute approximate surface area is 257 Å². The second kappa shape index (κ2) is 11.2. The Morgan fingerprint density at radius 2 is 1.77 bits per heavy atom. The lowest BCUT2D eigenvalue weighted by Crippen LogP contribution is -2.29. The van der Waals surface area contributed by atoms with Gasteiger partial charge in [0.15, 0.2) is 5.13 Å². The number of anilines is 1. The van der Waals surface area contributed by atoms with Crippen LogP contribution in [0.4, 0.5) is 5.13 Å². The van der Waals surface area contributed by atoms with Gasteiger partial charge < -0.3 is 19.3 Å². The number of methoxy groups -OCH3 is 1. The van der Waals surface area contributed by atoms with Gasteiger partial charge >= 0.3 is 5.91 Å². The molecule has 220 valence electrons. The van der Waals surface area contributed by atoms with E-state index < -0.39 is 17.7 Å². The number of ketones is 1. The molecule has 0 radical (unpaired) electrons. The number of hydrogen-bond donors (Lipinski definition) is 1. The number of benzene rings is 4. The SMILES string of the molecule is COc1ccc2nc(N3C(=O)C(=O)/C(=C(/O)c4ccc5c(c4)CC(C)O5)C3c3ccc(OCc4ccccc4)cc3)sc2c1. The summed E-state index contributed by atoms with van der Waals surface area (Å²) in [7, 11) is 1.58. The molecule has 1 fully saturated rings. The second-order valence-electron chi connectivity index (χ2n) is 10.8. The number of rotatable bonds is 7. The molecule has 7 rings (SSSR count). The summed E-state index contributed by atoms with van der Waals surface area (Å²) in [5, 5.41) is 12.0. The van der Waals surface area contributed by atoms with Gasteiger partial charge in [-0.05, 0) is 72.1 Å². The first-order valence-corrected chi connectivity index (χ1v) is 15.0. The highest BCUT2D eigenvalue weighted by molar-refractivity contribution is 7.22. The topological polar surface area (TPSA) is 98.2 Å². The third-order valence-corrected chi connectivity index (χ3v) is 8.87. The number of thiazole rings is 1. The lowest BCUT2D eigenvalue weighted by atomic mass is 9.94. The molecule has 0 aliphatic carbocycles. The number of carbonyl (C=O) groups is 2. The van der Waals surface area contributed by atoms with Crippen molar-refractivity contribution in [3.05, 3.63) is 119 Å². The number of Topliss-reactive ketones (excluding diaryl/α,β-unsaturated/α-hetero) is 1. The van der Waals surface area contributed by atoms with Crippen molar-refractivity contribution in [2.75, 3.05) is 12.0 Å². The van der Waals surface area contributed by atoms with Gasteiger partial charge in [-0.1, -0.05) is 53.8 Å². The quantitative estimate of drug-likeness (QED) is 0.123. The Kier molecular flexibility index (Phi) is 7.02. The molecule has 2 aliphatic heterocycles. The van der Waals surface area contributed by atoms with Gasteiger partial charge in [0.05, 0.1) is 28.9 Å². The third kappa shape index (κ3) is 4.95. The molecular formula is C35H28N2O6S. The number of carbonyl (C=O) groups excluding carboxylic acids is 2. The van der Waals surface area contributed by atoms with E-state index in [-0.39, 0.29) is 17.4 Å². The van der Waals surface area contributed by atoms with Gasteiger partial charge in [-0.3, -0.25) is 14.5 Å². The fourth-order valence-corrected chi connectivity index (χ4v) is 6.70. The van der Waals surface area contributed by atoms with E-state index in [0.29, 0.717) is 46.3 Å². The Balaban J connectivity index is 1.31. The highest BCUT2D eigenvalue weighted by Crippen LogP contribution is 2.45. The maximum absolute atomic E-state index is 13.7. The van der Waals surface area contributed by atoms with Crippen molar-refractivity contribution in [2.45, 2.75) is 32.1 Å². The van der Waals surface area contributed by atoms with Crippen molar-refractivity contribution in [1.29, 1.82) is 0 Å². The molecule has 2 atom stereocenters. The van der Waals surface area contributed by atoms with E-state index in [4.69, 9.17) is 19.2 Å². The molecule has 1 aromatic heterocycles. The zero-order chi connectivity index (χ0) is 30.4. The Bertz CT molecular complexity index is 1930. The van der Waals surface area contributed by atoms with Crippen LogP contribution >= 0.6 is 11.3 Å². The van der Waals surface area contributed by atoms with Crippen LogP contribution in [0.1, 0.15) is 35.2 Å². The van der Waals surface area contributed by atoms with Crippen molar-refractivity contribution < 1.29 is 28.9 Å². The summed E-state index contributed by atoms with van der Waals surface area (Å²) < 4.78 is 18.0. The van der Waals surface area contributed by atoms with Crippen molar-refractivity contribution in [1.82, 2.24) is 4.98 Å². The fraction of sp³-hybridized carbons (Fsp3) is 0.171. The number of amides is 1. The van der Waals surface area contributed by atoms with E-state index in [9.17, 15) is 14.7 Å².